The maximum absolute atomic E-state index is 5.90. The zero-order chi connectivity index (χ0) is 21.2. The highest BCUT2D eigenvalue weighted by Crippen LogP contribution is 2.32. The maximum atomic E-state index is 5.90. The Labute approximate surface area is 182 Å². The molecular weight excluding hydrogens is 379 g/mol. The Morgan fingerprint density at radius 3 is 2.83 bits per heavy atom. The van der Waals surface area contributed by atoms with E-state index in [1.54, 1.807) is 7.05 Å². The van der Waals surface area contributed by atoms with Crippen molar-refractivity contribution in [1.82, 2.24) is 20.2 Å². The third-order valence-electron chi connectivity index (χ3n) is 6.48. The standard InChI is InChI=1S/C22H46N6P/c1-5-7-18(14-19-8-6-9-20(15-19)26-21(23)24-4)10-12-28(29)22-25-11-13-27(22)16-17(2)3/h17-20,22,25,29H,5-16H2,1-4H3,(H3,23,24,26)/q-1. The summed E-state index contributed by atoms with van der Waals surface area (Å²) in [5, 5.41) is 7.06. The Hall–Kier alpha value is -0.420. The molecule has 2 rings (SSSR count). The molecule has 1 saturated carbocycles. The molecule has 2 fully saturated rings. The van der Waals surface area contributed by atoms with Crippen LogP contribution < -0.4 is 16.4 Å². The molecule has 1 aliphatic heterocycles. The molecule has 29 heavy (non-hydrogen) atoms. The normalized spacial score (nSPS) is 27.7. The van der Waals surface area contributed by atoms with Gasteiger partial charge in [-0.15, -0.1) is 0 Å². The number of guanidine groups is 1. The molecule has 1 aliphatic carbocycles. The highest BCUT2D eigenvalue weighted by molar-refractivity contribution is 7.13. The molecule has 0 aromatic carbocycles. The third kappa shape index (κ3) is 8.69. The molecule has 4 N–H and O–H groups in total. The smallest absolute Gasteiger partial charge is 0.188 e. The number of nitrogens with one attached hydrogen (secondary N) is 2. The Morgan fingerprint density at radius 1 is 1.34 bits per heavy atom. The Balaban J connectivity index is 1.81. The highest BCUT2D eigenvalue weighted by Gasteiger charge is 2.27. The fourth-order valence-corrected chi connectivity index (χ4v) is 5.55. The van der Waals surface area contributed by atoms with Crippen molar-refractivity contribution >= 4 is 15.4 Å². The Bertz CT molecular complexity index is 486. The first-order valence-electron chi connectivity index (χ1n) is 11.9. The van der Waals surface area contributed by atoms with Gasteiger partial charge >= 0.3 is 0 Å². The van der Waals surface area contributed by atoms with E-state index in [4.69, 9.17) is 5.73 Å². The molecule has 4 atom stereocenters. The molecule has 6 nitrogen and oxygen atoms in total. The van der Waals surface area contributed by atoms with Gasteiger partial charge in [-0.3, -0.25) is 15.2 Å². The van der Waals surface area contributed by atoms with Crippen molar-refractivity contribution in [2.24, 2.45) is 28.5 Å². The number of hydrogen-bond acceptors (Lipinski definition) is 4. The van der Waals surface area contributed by atoms with Gasteiger partial charge < -0.3 is 25.1 Å². The van der Waals surface area contributed by atoms with Crippen molar-refractivity contribution in [3.63, 3.8) is 0 Å². The number of hydrogen-bond donors (Lipinski definition) is 3. The van der Waals surface area contributed by atoms with Gasteiger partial charge in [-0.2, -0.15) is 0 Å². The van der Waals surface area contributed by atoms with Crippen molar-refractivity contribution < 1.29 is 0 Å². The molecular formula is C22H46N6P-. The second kappa shape index (κ2) is 13.1. The summed E-state index contributed by atoms with van der Waals surface area (Å²) in [4.78, 5) is 6.63. The van der Waals surface area contributed by atoms with Crippen LogP contribution in [0, 0.1) is 17.8 Å². The summed E-state index contributed by atoms with van der Waals surface area (Å²) in [5.41, 5.74) is 5.90. The van der Waals surface area contributed by atoms with Crippen molar-refractivity contribution in [2.45, 2.75) is 84.5 Å². The van der Waals surface area contributed by atoms with Gasteiger partial charge in [0.25, 0.3) is 0 Å². The van der Waals surface area contributed by atoms with Crippen LogP contribution >= 0.6 is 9.39 Å². The van der Waals surface area contributed by atoms with E-state index >= 15 is 0 Å². The average Bonchev–Trinajstić information content (AvgIpc) is 3.13. The Morgan fingerprint density at radius 2 is 2.14 bits per heavy atom. The van der Waals surface area contributed by atoms with E-state index in [2.05, 4.69) is 55.4 Å². The zero-order valence-corrected chi connectivity index (χ0v) is 20.3. The first kappa shape index (κ1) is 24.8. The van der Waals surface area contributed by atoms with E-state index < -0.39 is 0 Å². The zero-order valence-electron chi connectivity index (χ0n) is 19.3. The second-order valence-corrected chi connectivity index (χ2v) is 10.1. The summed E-state index contributed by atoms with van der Waals surface area (Å²) < 4.78 is 2.35. The van der Waals surface area contributed by atoms with Crippen LogP contribution in [0.1, 0.15) is 72.1 Å². The van der Waals surface area contributed by atoms with Gasteiger partial charge in [0.2, 0.25) is 0 Å². The van der Waals surface area contributed by atoms with Crippen LogP contribution in [-0.4, -0.2) is 61.1 Å². The fraction of sp³-hybridized carbons (Fsp3) is 0.955. The number of nitrogens with zero attached hydrogens (tertiary/aromatic N) is 3. The molecule has 0 spiro atoms. The lowest BCUT2D eigenvalue weighted by Crippen LogP contribution is -2.47. The Kier molecular flexibility index (Phi) is 11.2. The number of nitrogens with two attached hydrogens (primary N) is 1. The van der Waals surface area contributed by atoms with Crippen molar-refractivity contribution in [2.75, 3.05) is 33.2 Å². The molecule has 4 unspecified atom stereocenters. The van der Waals surface area contributed by atoms with Crippen LogP contribution in [-0.2, 0) is 0 Å². The molecule has 7 heteroatoms. The van der Waals surface area contributed by atoms with Crippen LogP contribution in [0.25, 0.3) is 0 Å². The van der Waals surface area contributed by atoms with Gasteiger partial charge in [0.15, 0.2) is 5.96 Å². The largest absolute Gasteiger partial charge is 0.474 e. The molecule has 0 radical (unpaired) electrons. The first-order chi connectivity index (χ1) is 13.9. The predicted octanol–water partition coefficient (Wildman–Crippen LogP) is 3.48. The molecule has 0 amide bonds. The predicted molar refractivity (Wildman–Crippen MR) is 127 cm³/mol. The lowest BCUT2D eigenvalue weighted by Gasteiger charge is -2.41. The summed E-state index contributed by atoms with van der Waals surface area (Å²) in [7, 11) is 5.69. The molecule has 0 aromatic heterocycles. The van der Waals surface area contributed by atoms with Crippen LogP contribution in [0.3, 0.4) is 0 Å². The van der Waals surface area contributed by atoms with Gasteiger partial charge in [-0.05, 0) is 50.0 Å². The fourth-order valence-electron chi connectivity index (χ4n) is 5.17. The van der Waals surface area contributed by atoms with Crippen LogP contribution in [0.5, 0.6) is 0 Å². The van der Waals surface area contributed by atoms with E-state index in [0.717, 1.165) is 38.0 Å². The van der Waals surface area contributed by atoms with Crippen LogP contribution in [0.15, 0.2) is 4.99 Å². The van der Waals surface area contributed by atoms with Gasteiger partial charge in [0, 0.05) is 32.7 Å². The van der Waals surface area contributed by atoms with Gasteiger partial charge in [0.1, 0.15) is 0 Å². The van der Waals surface area contributed by atoms with Crippen molar-refractivity contribution in [1.29, 1.82) is 0 Å². The van der Waals surface area contributed by atoms with Crippen molar-refractivity contribution in [3.8, 4) is 0 Å². The quantitative estimate of drug-likeness (QED) is 0.269. The minimum atomic E-state index is 0.330. The van der Waals surface area contributed by atoms with E-state index in [1.807, 2.05) is 0 Å². The maximum Gasteiger partial charge on any atom is 0.188 e. The average molecular weight is 426 g/mol. The first-order valence-corrected chi connectivity index (χ1v) is 12.3. The summed E-state index contributed by atoms with van der Waals surface area (Å²) >= 11 is 0. The topological polar surface area (TPSA) is 68.9 Å². The van der Waals surface area contributed by atoms with E-state index in [0.29, 0.717) is 24.2 Å². The molecule has 0 bridgehead atoms. The van der Waals surface area contributed by atoms with E-state index in [1.165, 1.54) is 51.4 Å². The highest BCUT2D eigenvalue weighted by atomic mass is 31.0. The summed E-state index contributed by atoms with van der Waals surface area (Å²) in [6.07, 6.45) is 10.7. The number of aliphatic imine (C=N–C) groups is 1. The third-order valence-corrected chi connectivity index (χ3v) is 6.95. The van der Waals surface area contributed by atoms with Crippen LogP contribution in [0.2, 0.25) is 0 Å². The number of rotatable bonds is 11. The van der Waals surface area contributed by atoms with E-state index in [-0.39, 0.29) is 0 Å². The second-order valence-electron chi connectivity index (χ2n) is 9.57. The summed E-state index contributed by atoms with van der Waals surface area (Å²) in [6, 6.07) is 0.499. The minimum absolute atomic E-state index is 0.330. The monoisotopic (exact) mass is 425 g/mol. The molecule has 1 heterocycles. The molecule has 0 aromatic rings. The van der Waals surface area contributed by atoms with Crippen LogP contribution in [0.4, 0.5) is 0 Å². The summed E-state index contributed by atoms with van der Waals surface area (Å²) in [5.74, 6) is 2.91. The lowest BCUT2D eigenvalue weighted by molar-refractivity contribution is 0.116. The molecule has 1 saturated heterocycles. The molecule has 170 valence electrons. The molecule has 2 aliphatic rings. The lowest BCUT2D eigenvalue weighted by atomic mass is 9.78. The van der Waals surface area contributed by atoms with Crippen molar-refractivity contribution in [3.05, 3.63) is 0 Å². The minimum Gasteiger partial charge on any atom is -0.474 e. The van der Waals surface area contributed by atoms with E-state index in [9.17, 15) is 0 Å². The van der Waals surface area contributed by atoms with Gasteiger partial charge in [-0.25, -0.2) is 0 Å². The summed E-state index contributed by atoms with van der Waals surface area (Å²) in [6.45, 7) is 11.4. The van der Waals surface area contributed by atoms with Gasteiger partial charge in [-0.1, -0.05) is 46.5 Å². The SMILES string of the molecule is CCCC(CCN([PH-])C1NCCN1CC(C)C)CC1CCCC(NC(N)=NC)C1. The van der Waals surface area contributed by atoms with Gasteiger partial charge in [0.05, 0.1) is 6.29 Å².